The molecule has 0 aromatic heterocycles. The van der Waals surface area contributed by atoms with Gasteiger partial charge in [0.2, 0.25) is 11.8 Å². The number of hydrogen-bond acceptors (Lipinski definition) is 2. The van der Waals surface area contributed by atoms with Gasteiger partial charge in [0.1, 0.15) is 0 Å². The fourth-order valence-electron chi connectivity index (χ4n) is 3.83. The van der Waals surface area contributed by atoms with Gasteiger partial charge in [-0.25, -0.2) is 0 Å². The number of benzene rings is 1. The van der Waals surface area contributed by atoms with Gasteiger partial charge < -0.3 is 9.80 Å². The molecule has 1 aromatic carbocycles. The van der Waals surface area contributed by atoms with Gasteiger partial charge in [-0.2, -0.15) is 0 Å². The Hall–Kier alpha value is -2.10. The number of nitrogens with zero attached hydrogens (tertiary/aromatic N) is 2. The lowest BCUT2D eigenvalue weighted by Crippen LogP contribution is -2.46. The average molecular weight is 340 g/mol. The highest BCUT2D eigenvalue weighted by Crippen LogP contribution is 2.23. The van der Waals surface area contributed by atoms with Crippen molar-refractivity contribution in [1.29, 1.82) is 0 Å². The number of piperidine rings is 2. The summed E-state index contributed by atoms with van der Waals surface area (Å²) in [4.78, 5) is 28.9. The largest absolute Gasteiger partial charge is 0.342 e. The van der Waals surface area contributed by atoms with Crippen LogP contribution in [0.15, 0.2) is 36.4 Å². The summed E-state index contributed by atoms with van der Waals surface area (Å²) in [6.45, 7) is 5.38. The summed E-state index contributed by atoms with van der Waals surface area (Å²) in [6.07, 6.45) is 7.42. The lowest BCUT2D eigenvalue weighted by Gasteiger charge is -2.37. The molecule has 1 atom stereocenters. The molecule has 0 N–H and O–H groups in total. The predicted molar refractivity (Wildman–Crippen MR) is 99.8 cm³/mol. The molecular formula is C21H28N2O2. The quantitative estimate of drug-likeness (QED) is 0.793. The summed E-state index contributed by atoms with van der Waals surface area (Å²) >= 11 is 0. The van der Waals surface area contributed by atoms with Crippen LogP contribution in [0.5, 0.6) is 0 Å². The van der Waals surface area contributed by atoms with E-state index in [0.717, 1.165) is 37.9 Å². The molecule has 2 saturated heterocycles. The number of carbonyl (C=O) groups is 2. The molecule has 2 heterocycles. The minimum Gasteiger partial charge on any atom is -0.342 e. The van der Waals surface area contributed by atoms with Gasteiger partial charge in [-0.15, -0.1) is 0 Å². The van der Waals surface area contributed by atoms with Crippen molar-refractivity contribution in [2.45, 2.75) is 32.6 Å². The Bertz CT molecular complexity index is 618. The van der Waals surface area contributed by atoms with Crippen LogP contribution >= 0.6 is 0 Å². The molecule has 1 unspecified atom stereocenters. The molecule has 134 valence electrons. The molecule has 0 aliphatic carbocycles. The van der Waals surface area contributed by atoms with Crippen molar-refractivity contribution < 1.29 is 9.59 Å². The molecule has 4 heteroatoms. The van der Waals surface area contributed by atoms with E-state index in [4.69, 9.17) is 0 Å². The van der Waals surface area contributed by atoms with Gasteiger partial charge in [0, 0.05) is 38.2 Å². The minimum atomic E-state index is 0.0429. The third-order valence-electron chi connectivity index (χ3n) is 5.34. The molecule has 3 rings (SSSR count). The molecule has 4 nitrogen and oxygen atoms in total. The van der Waals surface area contributed by atoms with E-state index in [1.165, 1.54) is 6.42 Å². The minimum absolute atomic E-state index is 0.0429. The Balaban J connectivity index is 1.49. The monoisotopic (exact) mass is 340 g/mol. The Kier molecular flexibility index (Phi) is 5.90. The summed E-state index contributed by atoms with van der Waals surface area (Å²) in [6, 6.07) is 9.85. The average Bonchev–Trinajstić information content (AvgIpc) is 2.66. The first-order chi connectivity index (χ1) is 12.1. The summed E-state index contributed by atoms with van der Waals surface area (Å²) in [5.74, 6) is 1.05. The lowest BCUT2D eigenvalue weighted by molar-refractivity contribution is -0.140. The van der Waals surface area contributed by atoms with Crippen LogP contribution in [0.3, 0.4) is 0 Å². The van der Waals surface area contributed by atoms with Crippen molar-refractivity contribution in [1.82, 2.24) is 9.80 Å². The zero-order chi connectivity index (χ0) is 17.6. The normalized spacial score (nSPS) is 22.4. The van der Waals surface area contributed by atoms with Crippen LogP contribution in [-0.4, -0.2) is 47.8 Å². The molecule has 1 aromatic rings. The van der Waals surface area contributed by atoms with Crippen molar-refractivity contribution in [3.63, 3.8) is 0 Å². The van der Waals surface area contributed by atoms with Crippen molar-refractivity contribution in [2.75, 3.05) is 26.2 Å². The van der Waals surface area contributed by atoms with Gasteiger partial charge in [-0.05, 0) is 43.2 Å². The second-order valence-corrected chi connectivity index (χ2v) is 7.38. The molecule has 0 spiro atoms. The predicted octanol–water partition coefficient (Wildman–Crippen LogP) is 3.20. The summed E-state index contributed by atoms with van der Waals surface area (Å²) in [7, 11) is 0. The lowest BCUT2D eigenvalue weighted by atomic mass is 9.92. The molecule has 2 aliphatic rings. The van der Waals surface area contributed by atoms with Gasteiger partial charge in [-0.3, -0.25) is 9.59 Å². The highest BCUT2D eigenvalue weighted by Gasteiger charge is 2.31. The highest BCUT2D eigenvalue weighted by molar-refractivity contribution is 5.92. The standard InChI is InChI=1S/C21H28N2O2/c1-17-6-5-13-23(16-17)21(25)19-11-14-22(15-12-19)20(24)10-9-18-7-3-2-4-8-18/h2-4,7-10,17,19H,5-6,11-16H2,1H3/b10-9+. The molecular weight excluding hydrogens is 312 g/mol. The Morgan fingerprint density at radius 3 is 2.40 bits per heavy atom. The van der Waals surface area contributed by atoms with Gasteiger partial charge in [0.25, 0.3) is 0 Å². The zero-order valence-corrected chi connectivity index (χ0v) is 15.1. The first kappa shape index (κ1) is 17.7. The van der Waals surface area contributed by atoms with Crippen molar-refractivity contribution in [3.8, 4) is 0 Å². The third kappa shape index (κ3) is 4.71. The molecule has 2 aliphatic heterocycles. The fourth-order valence-corrected chi connectivity index (χ4v) is 3.83. The van der Waals surface area contributed by atoms with E-state index in [9.17, 15) is 9.59 Å². The smallest absolute Gasteiger partial charge is 0.246 e. The fraction of sp³-hybridized carbons (Fsp3) is 0.524. The Morgan fingerprint density at radius 1 is 1.00 bits per heavy atom. The van der Waals surface area contributed by atoms with Crippen LogP contribution in [0, 0.1) is 11.8 Å². The first-order valence-electron chi connectivity index (χ1n) is 9.44. The van der Waals surface area contributed by atoms with Gasteiger partial charge in [-0.1, -0.05) is 37.3 Å². The maximum Gasteiger partial charge on any atom is 0.246 e. The highest BCUT2D eigenvalue weighted by atomic mass is 16.2. The molecule has 2 amide bonds. The van der Waals surface area contributed by atoms with E-state index >= 15 is 0 Å². The van der Waals surface area contributed by atoms with E-state index in [0.29, 0.717) is 24.9 Å². The van der Waals surface area contributed by atoms with Gasteiger partial charge in [0.05, 0.1) is 0 Å². The van der Waals surface area contributed by atoms with Crippen molar-refractivity contribution in [3.05, 3.63) is 42.0 Å². The maximum absolute atomic E-state index is 12.7. The summed E-state index contributed by atoms with van der Waals surface area (Å²) in [5.41, 5.74) is 1.03. The van der Waals surface area contributed by atoms with Crippen molar-refractivity contribution in [2.24, 2.45) is 11.8 Å². The van der Waals surface area contributed by atoms with E-state index in [-0.39, 0.29) is 11.8 Å². The van der Waals surface area contributed by atoms with Crippen LogP contribution in [0.1, 0.15) is 38.2 Å². The second kappa shape index (κ2) is 8.32. The summed E-state index contributed by atoms with van der Waals surface area (Å²) < 4.78 is 0. The second-order valence-electron chi connectivity index (χ2n) is 7.38. The first-order valence-corrected chi connectivity index (χ1v) is 9.44. The van der Waals surface area contributed by atoms with Crippen LogP contribution in [0.4, 0.5) is 0 Å². The third-order valence-corrected chi connectivity index (χ3v) is 5.34. The number of rotatable bonds is 3. The van der Waals surface area contributed by atoms with Crippen LogP contribution in [-0.2, 0) is 9.59 Å². The molecule has 2 fully saturated rings. The van der Waals surface area contributed by atoms with E-state index < -0.39 is 0 Å². The molecule has 25 heavy (non-hydrogen) atoms. The SMILES string of the molecule is CC1CCCN(C(=O)C2CCN(C(=O)/C=C/c3ccccc3)CC2)C1. The number of hydrogen-bond donors (Lipinski definition) is 0. The number of carbonyl (C=O) groups excluding carboxylic acids is 2. The van der Waals surface area contributed by atoms with Crippen LogP contribution in [0.2, 0.25) is 0 Å². The van der Waals surface area contributed by atoms with Crippen LogP contribution in [0.25, 0.3) is 6.08 Å². The van der Waals surface area contributed by atoms with E-state index in [1.807, 2.05) is 46.2 Å². The molecule has 0 radical (unpaired) electrons. The zero-order valence-electron chi connectivity index (χ0n) is 15.1. The molecule has 0 saturated carbocycles. The Morgan fingerprint density at radius 2 is 1.72 bits per heavy atom. The van der Waals surface area contributed by atoms with E-state index in [1.54, 1.807) is 6.08 Å². The number of amides is 2. The molecule has 0 bridgehead atoms. The topological polar surface area (TPSA) is 40.6 Å². The van der Waals surface area contributed by atoms with E-state index in [2.05, 4.69) is 6.92 Å². The number of likely N-dealkylation sites (tertiary alicyclic amines) is 2. The van der Waals surface area contributed by atoms with Gasteiger partial charge >= 0.3 is 0 Å². The van der Waals surface area contributed by atoms with Gasteiger partial charge in [0.15, 0.2) is 0 Å². The Labute approximate surface area is 150 Å². The van der Waals surface area contributed by atoms with Crippen LogP contribution < -0.4 is 0 Å². The maximum atomic E-state index is 12.7. The van der Waals surface area contributed by atoms with Crippen molar-refractivity contribution >= 4 is 17.9 Å². The summed E-state index contributed by atoms with van der Waals surface area (Å²) in [5, 5.41) is 0.